The van der Waals surface area contributed by atoms with E-state index in [2.05, 4.69) is 84.3 Å². The third-order valence-corrected chi connectivity index (χ3v) is 5.83. The molecule has 1 saturated heterocycles. The van der Waals surface area contributed by atoms with Gasteiger partial charge in [-0.25, -0.2) is 0 Å². The van der Waals surface area contributed by atoms with Gasteiger partial charge in [0, 0.05) is 22.6 Å². The molecule has 0 saturated carbocycles. The Bertz CT molecular complexity index is 1200. The Balaban J connectivity index is 1.69. The monoisotopic (exact) mass is 411 g/mol. The third kappa shape index (κ3) is 3.87. The number of hydrogen-bond acceptors (Lipinski definition) is 2. The smallest absolute Gasteiger partial charge is 0.272 e. The molecular formula is C27H27N2O2+. The molecule has 0 atom stereocenters. The topological polar surface area (TPSA) is 24.7 Å². The summed E-state index contributed by atoms with van der Waals surface area (Å²) < 4.78 is 14.3. The van der Waals surface area contributed by atoms with Crippen LogP contribution in [-0.2, 0) is 4.74 Å². The molecule has 4 nitrogen and oxygen atoms in total. The van der Waals surface area contributed by atoms with E-state index in [1.165, 1.54) is 11.2 Å². The molecule has 0 aromatic heterocycles. The second-order valence-corrected chi connectivity index (χ2v) is 8.09. The summed E-state index contributed by atoms with van der Waals surface area (Å²) in [6.07, 6.45) is 4.45. The summed E-state index contributed by atoms with van der Waals surface area (Å²) in [5, 5.41) is 2.31. The molecule has 0 aliphatic carbocycles. The van der Waals surface area contributed by atoms with E-state index in [0.29, 0.717) is 0 Å². The van der Waals surface area contributed by atoms with Crippen molar-refractivity contribution in [3.63, 3.8) is 0 Å². The third-order valence-electron chi connectivity index (χ3n) is 5.83. The van der Waals surface area contributed by atoms with Gasteiger partial charge in [-0.05, 0) is 23.1 Å². The number of rotatable bonds is 2. The fourth-order valence-corrected chi connectivity index (χ4v) is 4.24. The second kappa shape index (κ2) is 8.40. The fourth-order valence-electron chi connectivity index (χ4n) is 4.24. The van der Waals surface area contributed by atoms with Crippen LogP contribution in [0, 0.1) is 0 Å². The Kier molecular flexibility index (Phi) is 5.31. The SMILES string of the molecule is C[N+](C)=C(/C=C1\C=C(c2ccccc2)Oc2c1ccc1ccccc21)N1CCOCC1. The van der Waals surface area contributed by atoms with Crippen molar-refractivity contribution in [3.05, 3.63) is 90.0 Å². The molecule has 1 fully saturated rings. The molecule has 0 unspecified atom stereocenters. The maximum atomic E-state index is 6.51. The van der Waals surface area contributed by atoms with Crippen LogP contribution in [0.5, 0.6) is 5.75 Å². The largest absolute Gasteiger partial charge is 0.455 e. The lowest BCUT2D eigenvalue weighted by atomic mass is 9.95. The van der Waals surface area contributed by atoms with Crippen LogP contribution >= 0.6 is 0 Å². The van der Waals surface area contributed by atoms with Gasteiger partial charge in [-0.15, -0.1) is 0 Å². The molecule has 156 valence electrons. The Hall–Kier alpha value is -3.37. The highest BCUT2D eigenvalue weighted by molar-refractivity contribution is 6.05. The van der Waals surface area contributed by atoms with E-state index in [1.54, 1.807) is 0 Å². The quantitative estimate of drug-likeness (QED) is 0.348. The number of benzene rings is 3. The molecule has 31 heavy (non-hydrogen) atoms. The highest BCUT2D eigenvalue weighted by Crippen LogP contribution is 2.41. The summed E-state index contributed by atoms with van der Waals surface area (Å²) in [7, 11) is 4.20. The maximum absolute atomic E-state index is 6.51. The summed E-state index contributed by atoms with van der Waals surface area (Å²) in [5.74, 6) is 2.98. The molecule has 3 aromatic rings. The first-order chi connectivity index (χ1) is 15.2. The number of morpholine rings is 1. The zero-order valence-corrected chi connectivity index (χ0v) is 18.0. The zero-order chi connectivity index (χ0) is 21.2. The number of amidine groups is 1. The molecule has 3 aromatic carbocycles. The van der Waals surface area contributed by atoms with Gasteiger partial charge < -0.3 is 9.47 Å². The predicted octanol–water partition coefficient (Wildman–Crippen LogP) is 4.66. The van der Waals surface area contributed by atoms with Crippen molar-refractivity contribution >= 4 is 27.9 Å². The molecule has 0 spiro atoms. The van der Waals surface area contributed by atoms with E-state index in [9.17, 15) is 0 Å². The summed E-state index contributed by atoms with van der Waals surface area (Å²) in [4.78, 5) is 2.39. The lowest BCUT2D eigenvalue weighted by Crippen LogP contribution is -2.43. The van der Waals surface area contributed by atoms with E-state index < -0.39 is 0 Å². The zero-order valence-electron chi connectivity index (χ0n) is 18.0. The standard InChI is InChI=1S/C27H27N2O2/c1-28(2)26(29-14-16-30-17-15-29)19-22-18-25(21-9-4-3-5-10-21)31-27-23-11-7-6-8-20(23)12-13-24(22)27/h3-13,18-19H,14-17H2,1-2H3/q+1/b22-19+. The Morgan fingerprint density at radius 2 is 1.65 bits per heavy atom. The summed E-state index contributed by atoms with van der Waals surface area (Å²) in [6, 6.07) is 23.1. The van der Waals surface area contributed by atoms with Crippen molar-refractivity contribution < 1.29 is 14.0 Å². The normalized spacial score (nSPS) is 17.2. The van der Waals surface area contributed by atoms with Gasteiger partial charge in [0.1, 0.15) is 24.6 Å². The van der Waals surface area contributed by atoms with E-state index in [0.717, 1.165) is 59.9 Å². The Morgan fingerprint density at radius 1 is 0.903 bits per heavy atom. The van der Waals surface area contributed by atoms with Crippen molar-refractivity contribution in [2.45, 2.75) is 0 Å². The van der Waals surface area contributed by atoms with E-state index in [4.69, 9.17) is 9.47 Å². The highest BCUT2D eigenvalue weighted by Gasteiger charge is 2.25. The van der Waals surface area contributed by atoms with Crippen LogP contribution in [0.2, 0.25) is 0 Å². The van der Waals surface area contributed by atoms with Crippen molar-refractivity contribution in [1.29, 1.82) is 0 Å². The van der Waals surface area contributed by atoms with E-state index in [1.807, 2.05) is 18.2 Å². The van der Waals surface area contributed by atoms with E-state index >= 15 is 0 Å². The van der Waals surface area contributed by atoms with Gasteiger partial charge in [0.05, 0.1) is 27.3 Å². The van der Waals surface area contributed by atoms with Crippen LogP contribution in [0.3, 0.4) is 0 Å². The van der Waals surface area contributed by atoms with Crippen molar-refractivity contribution in [3.8, 4) is 5.75 Å². The molecule has 0 N–H and O–H groups in total. The Labute approximate surface area is 183 Å². The number of fused-ring (bicyclic) bond motifs is 3. The van der Waals surface area contributed by atoms with Gasteiger partial charge in [0.15, 0.2) is 0 Å². The minimum absolute atomic E-state index is 0.760. The van der Waals surface area contributed by atoms with Gasteiger partial charge in [0.25, 0.3) is 5.84 Å². The molecule has 0 bridgehead atoms. The lowest BCUT2D eigenvalue weighted by Gasteiger charge is -2.25. The van der Waals surface area contributed by atoms with Crippen LogP contribution in [0.25, 0.3) is 22.1 Å². The van der Waals surface area contributed by atoms with Crippen molar-refractivity contribution in [1.82, 2.24) is 4.90 Å². The molecule has 0 radical (unpaired) electrons. The average molecular weight is 412 g/mol. The number of ether oxygens (including phenoxy) is 2. The molecule has 2 heterocycles. The van der Waals surface area contributed by atoms with Crippen LogP contribution in [0.1, 0.15) is 11.1 Å². The lowest BCUT2D eigenvalue weighted by molar-refractivity contribution is -0.469. The van der Waals surface area contributed by atoms with Crippen LogP contribution in [0.4, 0.5) is 0 Å². The average Bonchev–Trinajstić information content (AvgIpc) is 2.83. The highest BCUT2D eigenvalue weighted by atomic mass is 16.5. The molecular weight excluding hydrogens is 384 g/mol. The van der Waals surface area contributed by atoms with Gasteiger partial charge in [-0.1, -0.05) is 60.7 Å². The van der Waals surface area contributed by atoms with Crippen LogP contribution < -0.4 is 4.74 Å². The number of hydrogen-bond donors (Lipinski definition) is 0. The van der Waals surface area contributed by atoms with Gasteiger partial charge in [-0.3, -0.25) is 9.48 Å². The molecule has 2 aliphatic heterocycles. The fraction of sp³-hybridized carbons (Fsp3) is 0.222. The number of allylic oxidation sites excluding steroid dienone is 2. The second-order valence-electron chi connectivity index (χ2n) is 8.09. The maximum Gasteiger partial charge on any atom is 0.272 e. The minimum Gasteiger partial charge on any atom is -0.455 e. The van der Waals surface area contributed by atoms with Crippen LogP contribution in [-0.4, -0.2) is 55.7 Å². The van der Waals surface area contributed by atoms with Gasteiger partial charge in [-0.2, -0.15) is 0 Å². The summed E-state index contributed by atoms with van der Waals surface area (Å²) >= 11 is 0. The van der Waals surface area contributed by atoms with Crippen molar-refractivity contribution in [2.75, 3.05) is 40.4 Å². The summed E-state index contributed by atoms with van der Waals surface area (Å²) in [5.41, 5.74) is 3.34. The minimum atomic E-state index is 0.760. The molecule has 0 amide bonds. The first-order valence-corrected chi connectivity index (χ1v) is 10.8. The summed E-state index contributed by atoms with van der Waals surface area (Å²) in [6.45, 7) is 3.31. The van der Waals surface area contributed by atoms with E-state index in [-0.39, 0.29) is 0 Å². The first-order valence-electron chi connectivity index (χ1n) is 10.8. The van der Waals surface area contributed by atoms with Gasteiger partial charge in [0.2, 0.25) is 0 Å². The molecule has 4 heteroatoms. The molecule has 2 aliphatic rings. The van der Waals surface area contributed by atoms with Gasteiger partial charge >= 0.3 is 0 Å². The van der Waals surface area contributed by atoms with Crippen molar-refractivity contribution in [2.24, 2.45) is 0 Å². The van der Waals surface area contributed by atoms with Crippen LogP contribution in [0.15, 0.2) is 78.9 Å². The number of nitrogens with zero attached hydrogens (tertiary/aromatic N) is 2. The first kappa shape index (κ1) is 19.6. The Morgan fingerprint density at radius 3 is 2.42 bits per heavy atom. The molecule has 5 rings (SSSR count). The predicted molar refractivity (Wildman–Crippen MR) is 126 cm³/mol.